The first kappa shape index (κ1) is 29.7. The molecule has 0 aliphatic rings. The number of halogens is 1. The second-order valence-corrected chi connectivity index (χ2v) is 8.68. The Morgan fingerprint density at radius 3 is 2.53 bits per heavy atom. The number of nitrogens with zero attached hydrogens (tertiary/aromatic N) is 3. The normalized spacial score (nSPS) is 13.1. The molecule has 15 heteroatoms. The van der Waals surface area contributed by atoms with E-state index in [2.05, 4.69) is 26.3 Å². The Bertz CT molecular complexity index is 1170. The Kier molecular flexibility index (Phi) is 10.7. The molecule has 0 radical (unpaired) electrons. The first-order chi connectivity index (χ1) is 17.9. The molecule has 6 N–H and O–H groups in total. The molecule has 1 aromatic heterocycles. The Hall–Kier alpha value is -4.56. The van der Waals surface area contributed by atoms with Crippen LogP contribution >= 0.6 is 0 Å². The number of carboxylic acids is 3. The third-order valence-corrected chi connectivity index (χ3v) is 5.34. The standard InChI is InChI=1S/C23H29FN6O8/c1-23(21(36)37,27-22(38)26-17(20(34)35)7-8-19(32)33)11-14-4-2-5-15(10-14)25-18(31)13-30-12-16(28-29-30)6-3-9-24/h2,4-5,10,12,17H,3,6-9,11,13H2,1H3,(H,25,31)(H,32,33)(H,34,35)(H,36,37)(H2,26,27,38). The lowest BCUT2D eigenvalue weighted by atomic mass is 9.92. The van der Waals surface area contributed by atoms with Gasteiger partial charge in [-0.3, -0.25) is 14.0 Å². The van der Waals surface area contributed by atoms with Crippen molar-refractivity contribution in [1.82, 2.24) is 25.6 Å². The molecule has 0 spiro atoms. The number of hydrogen-bond acceptors (Lipinski definition) is 7. The number of benzene rings is 1. The molecule has 2 unspecified atom stereocenters. The van der Waals surface area contributed by atoms with Crippen LogP contribution in [0.3, 0.4) is 0 Å². The van der Waals surface area contributed by atoms with Gasteiger partial charge < -0.3 is 31.3 Å². The lowest BCUT2D eigenvalue weighted by Gasteiger charge is -2.27. The Labute approximate surface area is 216 Å². The van der Waals surface area contributed by atoms with Gasteiger partial charge in [-0.05, 0) is 43.9 Å². The molecular formula is C23H29FN6O8. The topological polar surface area (TPSA) is 213 Å². The molecule has 206 valence electrons. The summed E-state index contributed by atoms with van der Waals surface area (Å²) < 4.78 is 13.6. The number of carbonyl (C=O) groups excluding carboxylic acids is 2. The Morgan fingerprint density at radius 1 is 1.16 bits per heavy atom. The first-order valence-corrected chi connectivity index (χ1v) is 11.5. The predicted octanol–water partition coefficient (Wildman–Crippen LogP) is 0.822. The molecule has 2 aromatic rings. The number of urea groups is 1. The van der Waals surface area contributed by atoms with Gasteiger partial charge in [0.15, 0.2) is 0 Å². The first-order valence-electron chi connectivity index (χ1n) is 11.5. The maximum atomic E-state index is 12.4. The second-order valence-electron chi connectivity index (χ2n) is 8.68. The van der Waals surface area contributed by atoms with Crippen molar-refractivity contribution in [3.8, 4) is 0 Å². The molecule has 0 fully saturated rings. The van der Waals surface area contributed by atoms with E-state index < -0.39 is 60.9 Å². The van der Waals surface area contributed by atoms with Gasteiger partial charge in [0.1, 0.15) is 18.1 Å². The summed E-state index contributed by atoms with van der Waals surface area (Å²) in [6.45, 7) is 0.576. The fourth-order valence-corrected chi connectivity index (χ4v) is 3.44. The van der Waals surface area contributed by atoms with E-state index in [1.54, 1.807) is 18.2 Å². The van der Waals surface area contributed by atoms with Gasteiger partial charge >= 0.3 is 23.9 Å². The summed E-state index contributed by atoms with van der Waals surface area (Å²) in [4.78, 5) is 58.8. The molecule has 1 aromatic carbocycles. The Morgan fingerprint density at radius 2 is 1.89 bits per heavy atom. The molecule has 0 aliphatic heterocycles. The van der Waals surface area contributed by atoms with Gasteiger partial charge in [0.25, 0.3) is 0 Å². The lowest BCUT2D eigenvalue weighted by Crippen LogP contribution is -2.58. The van der Waals surface area contributed by atoms with E-state index in [-0.39, 0.29) is 13.0 Å². The zero-order valence-electron chi connectivity index (χ0n) is 20.5. The molecule has 3 amide bonds. The third-order valence-electron chi connectivity index (χ3n) is 5.34. The smallest absolute Gasteiger partial charge is 0.329 e. The van der Waals surface area contributed by atoms with E-state index >= 15 is 0 Å². The third kappa shape index (κ3) is 9.48. The van der Waals surface area contributed by atoms with Crippen molar-refractivity contribution >= 4 is 35.5 Å². The van der Waals surface area contributed by atoms with Gasteiger partial charge in [0, 0.05) is 24.7 Å². The quantitative estimate of drug-likeness (QED) is 0.188. The average molecular weight is 537 g/mol. The number of aromatic nitrogens is 3. The van der Waals surface area contributed by atoms with Crippen molar-refractivity contribution < 1.29 is 43.7 Å². The number of rotatable bonds is 15. The van der Waals surface area contributed by atoms with Crippen LogP contribution in [0.2, 0.25) is 0 Å². The molecule has 0 bridgehead atoms. The summed E-state index contributed by atoms with van der Waals surface area (Å²) in [5.41, 5.74) is -0.539. The van der Waals surface area contributed by atoms with Crippen molar-refractivity contribution in [3.05, 3.63) is 41.7 Å². The highest BCUT2D eigenvalue weighted by molar-refractivity contribution is 5.91. The Balaban J connectivity index is 2.03. The highest BCUT2D eigenvalue weighted by atomic mass is 19.1. The highest BCUT2D eigenvalue weighted by Gasteiger charge is 2.36. The van der Waals surface area contributed by atoms with Crippen LogP contribution in [0.1, 0.15) is 37.4 Å². The van der Waals surface area contributed by atoms with Crippen LogP contribution in [0.5, 0.6) is 0 Å². The number of carboxylic acid groups (broad SMARTS) is 3. The number of anilines is 1. The van der Waals surface area contributed by atoms with E-state index in [1.807, 2.05) is 0 Å². The van der Waals surface area contributed by atoms with Crippen LogP contribution in [0.4, 0.5) is 14.9 Å². The zero-order chi connectivity index (χ0) is 28.3. The van der Waals surface area contributed by atoms with Crippen LogP contribution in [-0.2, 0) is 38.6 Å². The van der Waals surface area contributed by atoms with Gasteiger partial charge in [0.05, 0.1) is 12.4 Å². The SMILES string of the molecule is CC(Cc1cccc(NC(=O)Cn2cc(CCCF)nn2)c1)(NC(=O)NC(CCC(=O)O)C(=O)O)C(=O)O. The molecular weight excluding hydrogens is 507 g/mol. The molecule has 2 atom stereocenters. The van der Waals surface area contributed by atoms with Gasteiger partial charge in [0.2, 0.25) is 5.91 Å². The number of nitrogens with one attached hydrogen (secondary N) is 3. The predicted molar refractivity (Wildman–Crippen MR) is 129 cm³/mol. The largest absolute Gasteiger partial charge is 0.481 e. The van der Waals surface area contributed by atoms with Gasteiger partial charge in [-0.25, -0.2) is 19.1 Å². The minimum absolute atomic E-state index is 0.159. The minimum atomic E-state index is -1.88. The lowest BCUT2D eigenvalue weighted by molar-refractivity contribution is -0.143. The maximum absolute atomic E-state index is 12.4. The van der Waals surface area contributed by atoms with Gasteiger partial charge in [-0.2, -0.15) is 0 Å². The number of carbonyl (C=O) groups is 5. The van der Waals surface area contributed by atoms with Crippen LogP contribution in [0.25, 0.3) is 0 Å². The van der Waals surface area contributed by atoms with E-state index in [4.69, 9.17) is 5.11 Å². The summed E-state index contributed by atoms with van der Waals surface area (Å²) in [5, 5.41) is 42.3. The highest BCUT2D eigenvalue weighted by Crippen LogP contribution is 2.18. The second kappa shape index (κ2) is 13.7. The fraction of sp³-hybridized carbons (Fsp3) is 0.435. The summed E-state index contributed by atoms with van der Waals surface area (Å²) in [6, 6.07) is 3.61. The van der Waals surface area contributed by atoms with Crippen LogP contribution in [0, 0.1) is 0 Å². The minimum Gasteiger partial charge on any atom is -0.481 e. The van der Waals surface area contributed by atoms with Crippen molar-refractivity contribution in [1.29, 1.82) is 0 Å². The van der Waals surface area contributed by atoms with Crippen molar-refractivity contribution in [2.75, 3.05) is 12.0 Å². The molecule has 1 heterocycles. The molecule has 0 aliphatic carbocycles. The number of aryl methyl sites for hydroxylation is 1. The number of amides is 3. The van der Waals surface area contributed by atoms with E-state index in [9.17, 15) is 38.6 Å². The summed E-state index contributed by atoms with van der Waals surface area (Å²) >= 11 is 0. The number of aliphatic carboxylic acids is 3. The van der Waals surface area contributed by atoms with Gasteiger partial charge in [-0.15, -0.1) is 5.10 Å². The maximum Gasteiger partial charge on any atom is 0.329 e. The molecule has 2 rings (SSSR count). The average Bonchev–Trinajstić information content (AvgIpc) is 3.26. The van der Waals surface area contributed by atoms with E-state index in [0.717, 1.165) is 0 Å². The summed E-state index contributed by atoms with van der Waals surface area (Å²) in [6.07, 6.45) is 1.10. The van der Waals surface area contributed by atoms with E-state index in [1.165, 1.54) is 23.9 Å². The van der Waals surface area contributed by atoms with Crippen LogP contribution in [0.15, 0.2) is 30.5 Å². The molecule has 38 heavy (non-hydrogen) atoms. The van der Waals surface area contributed by atoms with Gasteiger partial charge in [-0.1, -0.05) is 17.3 Å². The van der Waals surface area contributed by atoms with Crippen molar-refractivity contribution in [3.63, 3.8) is 0 Å². The molecule has 14 nitrogen and oxygen atoms in total. The van der Waals surface area contributed by atoms with Crippen LogP contribution in [-0.4, -0.2) is 78.4 Å². The monoisotopic (exact) mass is 536 g/mol. The summed E-state index contributed by atoms with van der Waals surface area (Å²) in [7, 11) is 0. The fourth-order valence-electron chi connectivity index (χ4n) is 3.44. The van der Waals surface area contributed by atoms with Crippen molar-refractivity contribution in [2.24, 2.45) is 0 Å². The van der Waals surface area contributed by atoms with Crippen LogP contribution < -0.4 is 16.0 Å². The summed E-state index contributed by atoms with van der Waals surface area (Å²) in [5.74, 6) is -4.57. The molecule has 0 saturated heterocycles. The molecule has 0 saturated carbocycles. The zero-order valence-corrected chi connectivity index (χ0v) is 20.5. The van der Waals surface area contributed by atoms with E-state index in [0.29, 0.717) is 29.8 Å². The number of alkyl halides is 1. The number of hydrogen-bond donors (Lipinski definition) is 6. The van der Waals surface area contributed by atoms with Crippen molar-refractivity contribution in [2.45, 2.75) is 57.2 Å².